The Bertz CT molecular complexity index is 260. The number of hydrogen-bond acceptors (Lipinski definition) is 1. The fourth-order valence-corrected chi connectivity index (χ4v) is 4.32. The first-order valence-corrected chi connectivity index (χ1v) is 6.24. The SMILES string of the molecule is CC1CCC2CCC3(C)OC(C1)C23C. The van der Waals surface area contributed by atoms with E-state index in [0.717, 1.165) is 11.8 Å². The predicted molar refractivity (Wildman–Crippen MR) is 57.1 cm³/mol. The Morgan fingerprint density at radius 2 is 1.93 bits per heavy atom. The zero-order valence-corrected chi connectivity index (χ0v) is 9.68. The van der Waals surface area contributed by atoms with Gasteiger partial charge in [-0.15, -0.1) is 0 Å². The normalized spacial score (nSPS) is 61.5. The monoisotopic (exact) mass is 194 g/mol. The van der Waals surface area contributed by atoms with Gasteiger partial charge in [0.1, 0.15) is 0 Å². The van der Waals surface area contributed by atoms with E-state index in [1.54, 1.807) is 0 Å². The van der Waals surface area contributed by atoms with E-state index < -0.39 is 0 Å². The second-order valence-electron chi connectivity index (χ2n) is 6.27. The Balaban J connectivity index is 1.94. The van der Waals surface area contributed by atoms with E-state index in [4.69, 9.17) is 4.74 Å². The molecule has 1 nitrogen and oxygen atoms in total. The molecule has 2 aliphatic carbocycles. The Labute approximate surface area is 87.2 Å². The van der Waals surface area contributed by atoms with Gasteiger partial charge in [0, 0.05) is 5.41 Å². The lowest BCUT2D eigenvalue weighted by Crippen LogP contribution is -2.64. The van der Waals surface area contributed by atoms with Gasteiger partial charge in [-0.05, 0) is 44.4 Å². The summed E-state index contributed by atoms with van der Waals surface area (Å²) in [6, 6.07) is 0. The molecule has 3 rings (SSSR count). The van der Waals surface area contributed by atoms with Crippen molar-refractivity contribution in [2.45, 2.75) is 64.6 Å². The molecule has 5 atom stereocenters. The highest BCUT2D eigenvalue weighted by molar-refractivity contribution is 5.16. The molecule has 3 fully saturated rings. The molecule has 80 valence electrons. The van der Waals surface area contributed by atoms with Crippen molar-refractivity contribution in [1.82, 2.24) is 0 Å². The fourth-order valence-electron chi connectivity index (χ4n) is 4.32. The first-order chi connectivity index (χ1) is 6.56. The molecule has 1 heteroatoms. The maximum Gasteiger partial charge on any atom is 0.0739 e. The molecule has 0 aromatic rings. The zero-order chi connectivity index (χ0) is 9.97. The summed E-state index contributed by atoms with van der Waals surface area (Å²) in [5.74, 6) is 1.84. The molecule has 0 spiro atoms. The van der Waals surface area contributed by atoms with Gasteiger partial charge in [0.25, 0.3) is 0 Å². The molecule has 0 bridgehead atoms. The summed E-state index contributed by atoms with van der Waals surface area (Å²) < 4.78 is 6.17. The first kappa shape index (κ1) is 9.21. The third-order valence-corrected chi connectivity index (χ3v) is 5.65. The van der Waals surface area contributed by atoms with Crippen LogP contribution in [0.3, 0.4) is 0 Å². The van der Waals surface area contributed by atoms with Crippen LogP contribution in [-0.4, -0.2) is 11.7 Å². The summed E-state index contributed by atoms with van der Waals surface area (Å²) in [5.41, 5.74) is 0.768. The van der Waals surface area contributed by atoms with Gasteiger partial charge in [0.05, 0.1) is 11.7 Å². The molecule has 0 amide bonds. The lowest BCUT2D eigenvalue weighted by atomic mass is 9.62. The molecule has 0 aromatic carbocycles. The topological polar surface area (TPSA) is 9.23 Å². The molecular weight excluding hydrogens is 172 g/mol. The molecule has 5 unspecified atom stereocenters. The molecule has 0 radical (unpaired) electrons. The number of hydrogen-bond donors (Lipinski definition) is 0. The molecular formula is C13H22O. The van der Waals surface area contributed by atoms with E-state index in [1.807, 2.05) is 0 Å². The van der Waals surface area contributed by atoms with Crippen molar-refractivity contribution in [1.29, 1.82) is 0 Å². The smallest absolute Gasteiger partial charge is 0.0739 e. The quantitative estimate of drug-likeness (QED) is 0.574. The van der Waals surface area contributed by atoms with Crippen molar-refractivity contribution in [3.63, 3.8) is 0 Å². The predicted octanol–water partition coefficient (Wildman–Crippen LogP) is 3.38. The van der Waals surface area contributed by atoms with Gasteiger partial charge in [-0.25, -0.2) is 0 Å². The van der Waals surface area contributed by atoms with Crippen LogP contribution in [0, 0.1) is 17.3 Å². The highest BCUT2D eigenvalue weighted by atomic mass is 16.5. The van der Waals surface area contributed by atoms with Gasteiger partial charge in [0.2, 0.25) is 0 Å². The van der Waals surface area contributed by atoms with Crippen molar-refractivity contribution in [2.24, 2.45) is 17.3 Å². The third-order valence-electron chi connectivity index (χ3n) is 5.65. The summed E-state index contributed by atoms with van der Waals surface area (Å²) >= 11 is 0. The molecule has 0 aromatic heterocycles. The van der Waals surface area contributed by atoms with Gasteiger partial charge < -0.3 is 4.74 Å². The summed E-state index contributed by atoms with van der Waals surface area (Å²) in [5, 5.41) is 0. The number of ether oxygens (including phenoxy) is 1. The average molecular weight is 194 g/mol. The van der Waals surface area contributed by atoms with E-state index in [-0.39, 0.29) is 5.60 Å². The zero-order valence-electron chi connectivity index (χ0n) is 9.68. The van der Waals surface area contributed by atoms with Crippen LogP contribution in [0.5, 0.6) is 0 Å². The van der Waals surface area contributed by atoms with Crippen LogP contribution in [0.15, 0.2) is 0 Å². The van der Waals surface area contributed by atoms with Crippen molar-refractivity contribution in [3.05, 3.63) is 0 Å². The lowest BCUT2D eigenvalue weighted by molar-refractivity contribution is -0.303. The third kappa shape index (κ3) is 0.856. The standard InChI is InChI=1S/C13H22O/c1-9-4-5-10-6-7-12(2)13(10,3)11(8-9)14-12/h9-11H,4-8H2,1-3H3. The van der Waals surface area contributed by atoms with Crippen LogP contribution >= 0.6 is 0 Å². The van der Waals surface area contributed by atoms with Crippen molar-refractivity contribution < 1.29 is 4.74 Å². The highest BCUT2D eigenvalue weighted by Crippen LogP contribution is 2.66. The van der Waals surface area contributed by atoms with E-state index in [0.29, 0.717) is 11.5 Å². The van der Waals surface area contributed by atoms with Gasteiger partial charge in [-0.1, -0.05) is 20.3 Å². The Morgan fingerprint density at radius 3 is 2.71 bits per heavy atom. The van der Waals surface area contributed by atoms with E-state index >= 15 is 0 Å². The van der Waals surface area contributed by atoms with E-state index in [2.05, 4.69) is 20.8 Å². The van der Waals surface area contributed by atoms with Gasteiger partial charge in [0.15, 0.2) is 0 Å². The van der Waals surface area contributed by atoms with Crippen LogP contribution in [0.25, 0.3) is 0 Å². The Kier molecular flexibility index (Phi) is 1.68. The molecule has 1 heterocycles. The minimum absolute atomic E-state index is 0.242. The van der Waals surface area contributed by atoms with Crippen molar-refractivity contribution >= 4 is 0 Å². The largest absolute Gasteiger partial charge is 0.371 e. The summed E-state index contributed by atoms with van der Waals surface area (Å²) in [6.07, 6.45) is 7.48. The van der Waals surface area contributed by atoms with Crippen LogP contribution in [0.4, 0.5) is 0 Å². The van der Waals surface area contributed by atoms with Crippen LogP contribution in [0.1, 0.15) is 52.9 Å². The molecule has 3 aliphatic rings. The van der Waals surface area contributed by atoms with E-state index in [9.17, 15) is 0 Å². The average Bonchev–Trinajstić information content (AvgIpc) is 2.26. The van der Waals surface area contributed by atoms with E-state index in [1.165, 1.54) is 32.1 Å². The van der Waals surface area contributed by atoms with Crippen molar-refractivity contribution in [3.8, 4) is 0 Å². The molecule has 1 saturated heterocycles. The first-order valence-electron chi connectivity index (χ1n) is 6.24. The van der Waals surface area contributed by atoms with Crippen LogP contribution in [0.2, 0.25) is 0 Å². The molecule has 2 saturated carbocycles. The Morgan fingerprint density at radius 1 is 1.14 bits per heavy atom. The van der Waals surface area contributed by atoms with Gasteiger partial charge in [-0.3, -0.25) is 0 Å². The maximum absolute atomic E-state index is 6.17. The summed E-state index contributed by atoms with van der Waals surface area (Å²) in [7, 11) is 0. The summed E-state index contributed by atoms with van der Waals surface area (Å²) in [4.78, 5) is 0. The molecule has 14 heavy (non-hydrogen) atoms. The van der Waals surface area contributed by atoms with Gasteiger partial charge in [-0.2, -0.15) is 0 Å². The minimum Gasteiger partial charge on any atom is -0.371 e. The maximum atomic E-state index is 6.17. The highest BCUT2D eigenvalue weighted by Gasteiger charge is 2.68. The lowest BCUT2D eigenvalue weighted by Gasteiger charge is -2.60. The second-order valence-corrected chi connectivity index (χ2v) is 6.27. The summed E-state index contributed by atoms with van der Waals surface area (Å²) in [6.45, 7) is 7.24. The minimum atomic E-state index is 0.242. The van der Waals surface area contributed by atoms with Crippen molar-refractivity contribution in [2.75, 3.05) is 0 Å². The molecule has 0 N–H and O–H groups in total. The van der Waals surface area contributed by atoms with Gasteiger partial charge >= 0.3 is 0 Å². The second kappa shape index (κ2) is 2.55. The van der Waals surface area contributed by atoms with Crippen LogP contribution in [-0.2, 0) is 4.74 Å². The molecule has 1 aliphatic heterocycles. The number of rotatable bonds is 0. The van der Waals surface area contributed by atoms with Crippen LogP contribution < -0.4 is 0 Å². The Hall–Kier alpha value is -0.0400. The fraction of sp³-hybridized carbons (Fsp3) is 1.00.